The van der Waals surface area contributed by atoms with Crippen LogP contribution in [0.1, 0.15) is 26.1 Å². The van der Waals surface area contributed by atoms with Crippen LogP contribution in [0.3, 0.4) is 0 Å². The van der Waals surface area contributed by atoms with Gasteiger partial charge >= 0.3 is 0 Å². The number of rotatable bonds is 3. The van der Waals surface area contributed by atoms with E-state index in [0.717, 1.165) is 44.1 Å². The van der Waals surface area contributed by atoms with Gasteiger partial charge in [-0.2, -0.15) is 5.10 Å². The second kappa shape index (κ2) is 5.27. The Morgan fingerprint density at radius 3 is 3.06 bits per heavy atom. The Kier molecular flexibility index (Phi) is 3.73. The fourth-order valence-corrected chi connectivity index (χ4v) is 2.27. The SMILES string of the molecule is CCn1ncnc1CN1CCC(=NO)C(C)C1. The Morgan fingerprint density at radius 1 is 1.59 bits per heavy atom. The van der Waals surface area contributed by atoms with E-state index in [1.807, 2.05) is 4.68 Å². The quantitative estimate of drug-likeness (QED) is 0.628. The summed E-state index contributed by atoms with van der Waals surface area (Å²) in [7, 11) is 0. The first kappa shape index (κ1) is 12.0. The fourth-order valence-electron chi connectivity index (χ4n) is 2.27. The number of aromatic nitrogens is 3. The molecular formula is C11H19N5O. The molecule has 1 saturated heterocycles. The van der Waals surface area contributed by atoms with Crippen molar-refractivity contribution in [2.24, 2.45) is 11.1 Å². The number of aryl methyl sites for hydroxylation is 1. The molecule has 0 amide bonds. The monoisotopic (exact) mass is 237 g/mol. The van der Waals surface area contributed by atoms with Crippen molar-refractivity contribution >= 4 is 5.71 Å². The summed E-state index contributed by atoms with van der Waals surface area (Å²) in [6.07, 6.45) is 2.44. The van der Waals surface area contributed by atoms with Gasteiger partial charge < -0.3 is 5.21 Å². The van der Waals surface area contributed by atoms with E-state index in [2.05, 4.69) is 34.0 Å². The second-order valence-corrected chi connectivity index (χ2v) is 4.47. The van der Waals surface area contributed by atoms with Crippen LogP contribution in [-0.2, 0) is 13.1 Å². The molecule has 0 aromatic carbocycles. The summed E-state index contributed by atoms with van der Waals surface area (Å²) in [6, 6.07) is 0. The molecule has 1 aromatic rings. The van der Waals surface area contributed by atoms with E-state index in [4.69, 9.17) is 5.21 Å². The van der Waals surface area contributed by atoms with Crippen molar-refractivity contribution < 1.29 is 5.21 Å². The van der Waals surface area contributed by atoms with Crippen LogP contribution in [0.5, 0.6) is 0 Å². The highest BCUT2D eigenvalue weighted by atomic mass is 16.4. The van der Waals surface area contributed by atoms with Gasteiger partial charge in [-0.25, -0.2) is 9.67 Å². The molecule has 6 nitrogen and oxygen atoms in total. The molecule has 0 aliphatic carbocycles. The minimum Gasteiger partial charge on any atom is -0.411 e. The van der Waals surface area contributed by atoms with Crippen molar-refractivity contribution in [3.63, 3.8) is 0 Å². The fraction of sp³-hybridized carbons (Fsp3) is 0.727. The minimum absolute atomic E-state index is 0.312. The van der Waals surface area contributed by atoms with Gasteiger partial charge in [-0.15, -0.1) is 0 Å². The van der Waals surface area contributed by atoms with Gasteiger partial charge in [0.25, 0.3) is 0 Å². The smallest absolute Gasteiger partial charge is 0.140 e. The Labute approximate surface area is 101 Å². The van der Waals surface area contributed by atoms with E-state index in [1.54, 1.807) is 6.33 Å². The van der Waals surface area contributed by atoms with E-state index >= 15 is 0 Å². The van der Waals surface area contributed by atoms with Crippen LogP contribution in [0.4, 0.5) is 0 Å². The lowest BCUT2D eigenvalue weighted by atomic mass is 9.98. The van der Waals surface area contributed by atoms with Crippen LogP contribution in [-0.4, -0.2) is 43.7 Å². The number of oxime groups is 1. The molecule has 1 N–H and O–H groups in total. The average Bonchev–Trinajstić information content (AvgIpc) is 2.76. The van der Waals surface area contributed by atoms with Crippen LogP contribution >= 0.6 is 0 Å². The lowest BCUT2D eigenvalue weighted by Gasteiger charge is -2.30. The lowest BCUT2D eigenvalue weighted by Crippen LogP contribution is -2.39. The minimum atomic E-state index is 0.312. The molecule has 1 aliphatic heterocycles. The molecule has 1 atom stereocenters. The summed E-state index contributed by atoms with van der Waals surface area (Å²) in [5.74, 6) is 1.32. The molecule has 2 rings (SSSR count). The zero-order chi connectivity index (χ0) is 12.3. The van der Waals surface area contributed by atoms with Gasteiger partial charge in [-0.3, -0.25) is 4.90 Å². The molecule has 1 aromatic heterocycles. The molecule has 1 fully saturated rings. The molecule has 1 unspecified atom stereocenters. The van der Waals surface area contributed by atoms with E-state index in [-0.39, 0.29) is 0 Å². The summed E-state index contributed by atoms with van der Waals surface area (Å²) in [5.41, 5.74) is 0.901. The molecular weight excluding hydrogens is 218 g/mol. The van der Waals surface area contributed by atoms with Crippen LogP contribution in [0, 0.1) is 5.92 Å². The Balaban J connectivity index is 1.97. The Morgan fingerprint density at radius 2 is 2.41 bits per heavy atom. The first-order valence-electron chi connectivity index (χ1n) is 6.04. The highest BCUT2D eigenvalue weighted by Crippen LogP contribution is 2.15. The normalized spacial score (nSPS) is 24.4. The standard InChI is InChI=1S/C11H19N5O/c1-3-16-11(12-8-13-16)7-15-5-4-10(14-17)9(2)6-15/h8-9,17H,3-7H2,1-2H3. The molecule has 0 bridgehead atoms. The van der Waals surface area contributed by atoms with E-state index in [0.29, 0.717) is 5.92 Å². The third kappa shape index (κ3) is 2.63. The molecule has 2 heterocycles. The third-order valence-corrected chi connectivity index (χ3v) is 3.27. The van der Waals surface area contributed by atoms with Crippen LogP contribution in [0.2, 0.25) is 0 Å². The van der Waals surface area contributed by atoms with Crippen LogP contribution < -0.4 is 0 Å². The number of nitrogens with zero attached hydrogens (tertiary/aromatic N) is 5. The van der Waals surface area contributed by atoms with Gasteiger partial charge in [-0.05, 0) is 6.92 Å². The first-order valence-corrected chi connectivity index (χ1v) is 6.04. The van der Waals surface area contributed by atoms with Gasteiger partial charge in [0, 0.05) is 32.0 Å². The van der Waals surface area contributed by atoms with Crippen LogP contribution in [0.25, 0.3) is 0 Å². The first-order chi connectivity index (χ1) is 8.24. The highest BCUT2D eigenvalue weighted by molar-refractivity contribution is 5.86. The van der Waals surface area contributed by atoms with Crippen molar-refractivity contribution in [3.8, 4) is 0 Å². The predicted octanol–water partition coefficient (Wildman–Crippen LogP) is 0.970. The number of piperidine rings is 1. The Bertz CT molecular complexity index is 400. The van der Waals surface area contributed by atoms with Crippen molar-refractivity contribution in [2.45, 2.75) is 33.4 Å². The molecule has 1 aliphatic rings. The zero-order valence-electron chi connectivity index (χ0n) is 10.4. The lowest BCUT2D eigenvalue weighted by molar-refractivity contribution is 0.220. The van der Waals surface area contributed by atoms with Crippen molar-refractivity contribution in [1.82, 2.24) is 19.7 Å². The summed E-state index contributed by atoms with van der Waals surface area (Å²) in [6.45, 7) is 7.65. The molecule has 94 valence electrons. The summed E-state index contributed by atoms with van der Waals surface area (Å²) < 4.78 is 1.92. The Hall–Kier alpha value is -1.43. The maximum absolute atomic E-state index is 8.83. The summed E-state index contributed by atoms with van der Waals surface area (Å²) in [4.78, 5) is 6.60. The van der Waals surface area contributed by atoms with Crippen molar-refractivity contribution in [1.29, 1.82) is 0 Å². The average molecular weight is 237 g/mol. The molecule has 0 radical (unpaired) electrons. The van der Waals surface area contributed by atoms with Crippen molar-refractivity contribution in [3.05, 3.63) is 12.2 Å². The van der Waals surface area contributed by atoms with E-state index in [9.17, 15) is 0 Å². The maximum atomic E-state index is 8.83. The van der Waals surface area contributed by atoms with Crippen LogP contribution in [0.15, 0.2) is 11.5 Å². The summed E-state index contributed by atoms with van der Waals surface area (Å²) in [5, 5.41) is 16.3. The summed E-state index contributed by atoms with van der Waals surface area (Å²) >= 11 is 0. The molecule has 17 heavy (non-hydrogen) atoms. The number of hydrogen-bond donors (Lipinski definition) is 1. The number of likely N-dealkylation sites (tertiary alicyclic amines) is 1. The highest BCUT2D eigenvalue weighted by Gasteiger charge is 2.23. The largest absolute Gasteiger partial charge is 0.411 e. The predicted molar refractivity (Wildman–Crippen MR) is 64.0 cm³/mol. The van der Waals surface area contributed by atoms with Gasteiger partial charge in [0.1, 0.15) is 12.2 Å². The van der Waals surface area contributed by atoms with Gasteiger partial charge in [-0.1, -0.05) is 12.1 Å². The molecule has 6 heteroatoms. The van der Waals surface area contributed by atoms with Crippen molar-refractivity contribution in [2.75, 3.05) is 13.1 Å². The van der Waals surface area contributed by atoms with Gasteiger partial charge in [0.2, 0.25) is 0 Å². The maximum Gasteiger partial charge on any atom is 0.140 e. The molecule has 0 saturated carbocycles. The van der Waals surface area contributed by atoms with Gasteiger partial charge in [0.15, 0.2) is 0 Å². The van der Waals surface area contributed by atoms with E-state index < -0.39 is 0 Å². The second-order valence-electron chi connectivity index (χ2n) is 4.47. The number of hydrogen-bond acceptors (Lipinski definition) is 5. The van der Waals surface area contributed by atoms with Gasteiger partial charge in [0.05, 0.1) is 12.3 Å². The third-order valence-electron chi connectivity index (χ3n) is 3.27. The van der Waals surface area contributed by atoms with E-state index in [1.165, 1.54) is 0 Å². The molecule has 0 spiro atoms. The zero-order valence-corrected chi connectivity index (χ0v) is 10.4. The topological polar surface area (TPSA) is 66.5 Å².